The second kappa shape index (κ2) is 7.13. The van der Waals surface area contributed by atoms with Gasteiger partial charge >= 0.3 is 0 Å². The van der Waals surface area contributed by atoms with Crippen LogP contribution in [0, 0.1) is 5.82 Å². The lowest BCUT2D eigenvalue weighted by atomic mass is 9.87. The molecule has 1 saturated carbocycles. The molecular formula is C20H22FNO3. The molecule has 4 nitrogen and oxygen atoms in total. The molecule has 25 heavy (non-hydrogen) atoms. The highest BCUT2D eigenvalue weighted by atomic mass is 19.1. The van der Waals surface area contributed by atoms with Gasteiger partial charge in [-0.15, -0.1) is 0 Å². The van der Waals surface area contributed by atoms with Gasteiger partial charge in [-0.2, -0.15) is 0 Å². The number of amides is 1. The van der Waals surface area contributed by atoms with Gasteiger partial charge in [0.15, 0.2) is 0 Å². The van der Waals surface area contributed by atoms with Gasteiger partial charge in [0, 0.05) is 5.56 Å². The van der Waals surface area contributed by atoms with Crippen LogP contribution in [-0.2, 0) is 5.54 Å². The van der Waals surface area contributed by atoms with Gasteiger partial charge < -0.3 is 14.8 Å². The van der Waals surface area contributed by atoms with E-state index in [1.54, 1.807) is 36.4 Å². The van der Waals surface area contributed by atoms with Crippen molar-refractivity contribution < 1.29 is 18.7 Å². The second-order valence-electron chi connectivity index (χ2n) is 6.26. The molecule has 1 fully saturated rings. The molecule has 0 atom stereocenters. The number of rotatable bonds is 5. The molecular weight excluding hydrogens is 321 g/mol. The van der Waals surface area contributed by atoms with Crippen LogP contribution in [0.15, 0.2) is 42.5 Å². The largest absolute Gasteiger partial charge is 0.496 e. The highest BCUT2D eigenvalue weighted by molar-refractivity contribution is 6.00. The molecule has 0 heterocycles. The van der Waals surface area contributed by atoms with Gasteiger partial charge in [0.2, 0.25) is 0 Å². The Bertz CT molecular complexity index is 747. The highest BCUT2D eigenvalue weighted by Crippen LogP contribution is 2.41. The molecule has 5 heteroatoms. The summed E-state index contributed by atoms with van der Waals surface area (Å²) in [5.74, 6) is 0.244. The van der Waals surface area contributed by atoms with Crippen molar-refractivity contribution in [3.05, 3.63) is 59.4 Å². The fourth-order valence-corrected chi connectivity index (χ4v) is 3.64. The summed E-state index contributed by atoms with van der Waals surface area (Å²) in [7, 11) is 3.02. The third-order valence-electron chi connectivity index (χ3n) is 4.85. The molecule has 2 aromatic rings. The zero-order valence-electron chi connectivity index (χ0n) is 14.5. The van der Waals surface area contributed by atoms with E-state index in [-0.39, 0.29) is 11.7 Å². The summed E-state index contributed by atoms with van der Waals surface area (Å²) in [5.41, 5.74) is 0.165. The van der Waals surface area contributed by atoms with E-state index < -0.39 is 5.54 Å². The maximum absolute atomic E-state index is 14.4. The van der Waals surface area contributed by atoms with Crippen molar-refractivity contribution in [2.45, 2.75) is 31.2 Å². The second-order valence-corrected chi connectivity index (χ2v) is 6.26. The summed E-state index contributed by atoms with van der Waals surface area (Å²) < 4.78 is 25.1. The topological polar surface area (TPSA) is 47.6 Å². The molecule has 1 N–H and O–H groups in total. The summed E-state index contributed by atoms with van der Waals surface area (Å²) in [6, 6.07) is 11.8. The summed E-state index contributed by atoms with van der Waals surface area (Å²) in [4.78, 5) is 13.1. The van der Waals surface area contributed by atoms with Crippen molar-refractivity contribution in [2.24, 2.45) is 0 Å². The molecule has 3 rings (SSSR count). The molecule has 1 aliphatic carbocycles. The maximum Gasteiger partial charge on any atom is 0.259 e. The first-order valence-corrected chi connectivity index (χ1v) is 8.40. The fraction of sp³-hybridized carbons (Fsp3) is 0.350. The fourth-order valence-electron chi connectivity index (χ4n) is 3.64. The standard InChI is InChI=1S/C20H22FNO3/c1-24-16-10-7-11-17(25-2)18(16)19(23)22-20(12-5-6-13-20)14-8-3-4-9-15(14)21/h3-4,7-11H,5-6,12-13H2,1-2H3,(H,22,23). The summed E-state index contributed by atoms with van der Waals surface area (Å²) in [6.07, 6.45) is 3.30. The first-order valence-electron chi connectivity index (χ1n) is 8.40. The van der Waals surface area contributed by atoms with Crippen molar-refractivity contribution in [3.8, 4) is 11.5 Å². The number of carbonyl (C=O) groups is 1. The first-order chi connectivity index (χ1) is 12.1. The van der Waals surface area contributed by atoms with Crippen LogP contribution in [0.2, 0.25) is 0 Å². The van der Waals surface area contributed by atoms with Crippen molar-refractivity contribution in [3.63, 3.8) is 0 Å². The minimum atomic E-state index is -0.700. The van der Waals surface area contributed by atoms with Crippen LogP contribution < -0.4 is 14.8 Å². The van der Waals surface area contributed by atoms with Crippen LogP contribution in [0.1, 0.15) is 41.6 Å². The van der Waals surface area contributed by atoms with E-state index in [1.807, 2.05) is 0 Å². The Balaban J connectivity index is 2.00. The van der Waals surface area contributed by atoms with E-state index in [2.05, 4.69) is 5.32 Å². The maximum atomic E-state index is 14.4. The summed E-state index contributed by atoms with van der Waals surface area (Å²) in [5, 5.41) is 3.08. The van der Waals surface area contributed by atoms with Gasteiger partial charge in [-0.1, -0.05) is 37.1 Å². The third-order valence-corrected chi connectivity index (χ3v) is 4.85. The van der Waals surface area contributed by atoms with Crippen molar-refractivity contribution in [2.75, 3.05) is 14.2 Å². The molecule has 0 unspecified atom stereocenters. The van der Waals surface area contributed by atoms with Crippen LogP contribution in [0.4, 0.5) is 4.39 Å². The van der Waals surface area contributed by atoms with Crippen LogP contribution in [0.25, 0.3) is 0 Å². The molecule has 0 bridgehead atoms. The molecule has 1 amide bonds. The summed E-state index contributed by atoms with van der Waals surface area (Å²) >= 11 is 0. The SMILES string of the molecule is COc1cccc(OC)c1C(=O)NC1(c2ccccc2F)CCCC1. The lowest BCUT2D eigenvalue weighted by Gasteiger charge is -2.32. The predicted octanol–water partition coefficient (Wildman–Crippen LogP) is 4.04. The molecule has 1 aliphatic rings. The normalized spacial score (nSPS) is 15.6. The molecule has 0 aromatic heterocycles. The zero-order chi connectivity index (χ0) is 17.9. The average molecular weight is 343 g/mol. The number of carbonyl (C=O) groups excluding carboxylic acids is 1. The Hall–Kier alpha value is -2.56. The van der Waals surface area contributed by atoms with E-state index in [1.165, 1.54) is 20.3 Å². The quantitative estimate of drug-likeness (QED) is 0.891. The number of halogens is 1. The van der Waals surface area contributed by atoms with Gasteiger partial charge in [-0.05, 0) is 31.0 Å². The Morgan fingerprint density at radius 3 is 2.16 bits per heavy atom. The summed E-state index contributed by atoms with van der Waals surface area (Å²) in [6.45, 7) is 0. The zero-order valence-corrected chi connectivity index (χ0v) is 14.5. The molecule has 0 saturated heterocycles. The van der Waals surface area contributed by atoms with Gasteiger partial charge in [0.05, 0.1) is 19.8 Å². The molecule has 2 aromatic carbocycles. The van der Waals surface area contributed by atoms with Crippen LogP contribution in [0.5, 0.6) is 11.5 Å². The van der Waals surface area contributed by atoms with Gasteiger partial charge in [0.25, 0.3) is 5.91 Å². The number of benzene rings is 2. The van der Waals surface area contributed by atoms with E-state index >= 15 is 0 Å². The lowest BCUT2D eigenvalue weighted by Crippen LogP contribution is -2.44. The monoisotopic (exact) mass is 343 g/mol. The highest BCUT2D eigenvalue weighted by Gasteiger charge is 2.40. The smallest absolute Gasteiger partial charge is 0.259 e. The Morgan fingerprint density at radius 1 is 1.00 bits per heavy atom. The van der Waals surface area contributed by atoms with Crippen molar-refractivity contribution >= 4 is 5.91 Å². The van der Waals surface area contributed by atoms with Crippen LogP contribution in [-0.4, -0.2) is 20.1 Å². The van der Waals surface area contributed by atoms with E-state index in [0.29, 0.717) is 35.5 Å². The minimum Gasteiger partial charge on any atom is -0.496 e. The number of ether oxygens (including phenoxy) is 2. The van der Waals surface area contributed by atoms with Crippen molar-refractivity contribution in [1.29, 1.82) is 0 Å². The lowest BCUT2D eigenvalue weighted by molar-refractivity contribution is 0.0890. The number of nitrogens with one attached hydrogen (secondary N) is 1. The van der Waals surface area contributed by atoms with E-state index in [9.17, 15) is 9.18 Å². The average Bonchev–Trinajstić information content (AvgIpc) is 3.10. The minimum absolute atomic E-state index is 0.295. The Morgan fingerprint density at radius 2 is 1.60 bits per heavy atom. The predicted molar refractivity (Wildman–Crippen MR) is 93.6 cm³/mol. The van der Waals surface area contributed by atoms with Gasteiger partial charge in [-0.3, -0.25) is 4.79 Å². The first kappa shape index (κ1) is 17.3. The number of methoxy groups -OCH3 is 2. The Kier molecular flexibility index (Phi) is 4.93. The molecule has 0 radical (unpaired) electrons. The molecule has 0 spiro atoms. The molecule has 132 valence electrons. The number of hydrogen-bond acceptors (Lipinski definition) is 3. The van der Waals surface area contributed by atoms with Gasteiger partial charge in [0.1, 0.15) is 22.9 Å². The molecule has 0 aliphatic heterocycles. The Labute approximate surface area is 147 Å². The van der Waals surface area contributed by atoms with Crippen LogP contribution >= 0.6 is 0 Å². The third kappa shape index (κ3) is 3.18. The number of hydrogen-bond donors (Lipinski definition) is 1. The van der Waals surface area contributed by atoms with E-state index in [0.717, 1.165) is 12.8 Å². The van der Waals surface area contributed by atoms with Crippen molar-refractivity contribution in [1.82, 2.24) is 5.32 Å². The van der Waals surface area contributed by atoms with Crippen LogP contribution in [0.3, 0.4) is 0 Å². The van der Waals surface area contributed by atoms with Gasteiger partial charge in [-0.25, -0.2) is 4.39 Å². The van der Waals surface area contributed by atoms with E-state index in [4.69, 9.17) is 9.47 Å².